The van der Waals surface area contributed by atoms with E-state index in [-0.39, 0.29) is 18.9 Å². The number of hydrogen-bond acceptors (Lipinski definition) is 13. The van der Waals surface area contributed by atoms with E-state index in [9.17, 15) is 45.6 Å². The van der Waals surface area contributed by atoms with Crippen molar-refractivity contribution in [1.82, 2.24) is 5.32 Å². The van der Waals surface area contributed by atoms with E-state index in [1.165, 1.54) is 231 Å². The molecule has 14 heteroatoms. The van der Waals surface area contributed by atoms with Crippen LogP contribution in [0, 0.1) is 0 Å². The van der Waals surface area contributed by atoms with Gasteiger partial charge in [0.1, 0.15) is 48.8 Å². The van der Waals surface area contributed by atoms with Crippen LogP contribution in [0.25, 0.3) is 0 Å². The number of carbonyl (C=O) groups is 1. The number of allylic oxidation sites excluding steroid dienone is 5. The lowest BCUT2D eigenvalue weighted by Gasteiger charge is -2.46. The van der Waals surface area contributed by atoms with Crippen LogP contribution in [0.15, 0.2) is 36.5 Å². The van der Waals surface area contributed by atoms with Crippen molar-refractivity contribution in [1.29, 1.82) is 0 Å². The van der Waals surface area contributed by atoms with Gasteiger partial charge >= 0.3 is 0 Å². The molecule has 0 radical (unpaired) electrons. The maximum Gasteiger partial charge on any atom is 0.220 e. The standard InChI is InChI=1S/C69H129NO13/c1-3-5-7-9-11-13-15-17-19-21-23-25-27-29-31-33-35-37-39-41-43-45-47-49-51-53-61(74)70-57(56-80-68-66(79)64(77)67(60(55-72)82-68)83-69-65(78)63(76)62(75)59(54-71)81-69)58(73)52-50-48-46-44-42-40-38-36-34-32-30-28-26-24-22-20-18-16-14-12-10-8-6-4-2/h15,17,21,23,50,52,57-60,62-69,71-73,75-79H,3-14,16,18-20,22,24-49,51,53-56H2,1-2H3,(H,70,74)/b17-15-,23-21-,52-50+. The van der Waals surface area contributed by atoms with Gasteiger partial charge in [-0.05, 0) is 51.4 Å². The van der Waals surface area contributed by atoms with Crippen LogP contribution >= 0.6 is 0 Å². The van der Waals surface area contributed by atoms with Crippen LogP contribution in [0.2, 0.25) is 0 Å². The molecule has 2 rings (SSSR count). The van der Waals surface area contributed by atoms with E-state index >= 15 is 0 Å². The van der Waals surface area contributed by atoms with Gasteiger partial charge in [-0.25, -0.2) is 0 Å². The molecule has 488 valence electrons. The van der Waals surface area contributed by atoms with Crippen LogP contribution in [0.5, 0.6) is 0 Å². The van der Waals surface area contributed by atoms with Crippen LogP contribution in [0.3, 0.4) is 0 Å². The molecule has 0 saturated carbocycles. The van der Waals surface area contributed by atoms with Crippen molar-refractivity contribution in [2.75, 3.05) is 19.8 Å². The second kappa shape index (κ2) is 54.4. The molecule has 2 saturated heterocycles. The van der Waals surface area contributed by atoms with E-state index in [2.05, 4.69) is 43.5 Å². The summed E-state index contributed by atoms with van der Waals surface area (Å²) in [5, 5.41) is 87.4. The number of unbranched alkanes of at least 4 members (excludes halogenated alkanes) is 40. The first-order valence-electron chi connectivity index (χ1n) is 34.7. The Bertz CT molecular complexity index is 1530. The van der Waals surface area contributed by atoms with Gasteiger partial charge < -0.3 is 65.1 Å². The molecule has 2 heterocycles. The van der Waals surface area contributed by atoms with Gasteiger partial charge in [-0.15, -0.1) is 0 Å². The number of carbonyl (C=O) groups excluding carboxylic acids is 1. The average molecular weight is 1180 g/mol. The van der Waals surface area contributed by atoms with Crippen molar-refractivity contribution in [2.24, 2.45) is 0 Å². The Labute approximate surface area is 506 Å². The minimum absolute atomic E-state index is 0.236. The Kier molecular flexibility index (Phi) is 50.6. The fraction of sp³-hybridized carbons (Fsp3) is 0.899. The molecule has 0 aromatic carbocycles. The largest absolute Gasteiger partial charge is 0.394 e. The van der Waals surface area contributed by atoms with E-state index in [4.69, 9.17) is 18.9 Å². The van der Waals surface area contributed by atoms with Crippen molar-refractivity contribution in [3.8, 4) is 0 Å². The lowest BCUT2D eigenvalue weighted by atomic mass is 9.97. The summed E-state index contributed by atoms with van der Waals surface area (Å²) in [4.78, 5) is 13.3. The SMILES string of the molecule is CCCCCCC/C=C\C/C=C\CCCCCCCCCCCCCCCC(=O)NC(COC1OC(CO)C(OC2OC(CO)C(O)C(O)C2O)C(O)C1O)C(O)/C=C/CCCCCCCCCCCCCCCCCCCCCCCC. The van der Waals surface area contributed by atoms with Gasteiger partial charge in [0.2, 0.25) is 5.91 Å². The van der Waals surface area contributed by atoms with Crippen molar-refractivity contribution in [3.05, 3.63) is 36.5 Å². The molecule has 9 N–H and O–H groups in total. The van der Waals surface area contributed by atoms with Gasteiger partial charge in [-0.1, -0.05) is 281 Å². The fourth-order valence-electron chi connectivity index (χ4n) is 11.5. The monoisotopic (exact) mass is 1180 g/mol. The number of rotatable bonds is 57. The lowest BCUT2D eigenvalue weighted by Crippen LogP contribution is -2.65. The van der Waals surface area contributed by atoms with E-state index < -0.39 is 86.8 Å². The third kappa shape index (κ3) is 39.0. The molecule has 0 aliphatic carbocycles. The van der Waals surface area contributed by atoms with Crippen molar-refractivity contribution in [3.63, 3.8) is 0 Å². The van der Waals surface area contributed by atoms with Crippen LogP contribution in [-0.2, 0) is 23.7 Å². The second-order valence-corrected chi connectivity index (χ2v) is 24.7. The Hall–Kier alpha value is -1.79. The summed E-state index contributed by atoms with van der Waals surface area (Å²) in [5.74, 6) is -0.236. The molecule has 12 atom stereocenters. The average Bonchev–Trinajstić information content (AvgIpc) is 3.65. The number of ether oxygens (including phenoxy) is 4. The predicted octanol–water partition coefficient (Wildman–Crippen LogP) is 13.7. The first-order chi connectivity index (χ1) is 40.6. The number of aliphatic hydroxyl groups excluding tert-OH is 8. The Morgan fingerprint density at radius 1 is 0.434 bits per heavy atom. The highest BCUT2D eigenvalue weighted by Crippen LogP contribution is 2.30. The van der Waals surface area contributed by atoms with Gasteiger partial charge in [0.05, 0.1) is 32.0 Å². The van der Waals surface area contributed by atoms with Crippen molar-refractivity contribution in [2.45, 2.75) is 376 Å². The maximum atomic E-state index is 13.3. The topological polar surface area (TPSA) is 228 Å². The molecular weight excluding hydrogens is 1050 g/mol. The quantitative estimate of drug-likeness (QED) is 0.0204. The maximum absolute atomic E-state index is 13.3. The molecule has 2 aliphatic rings. The summed E-state index contributed by atoms with van der Waals surface area (Å²) in [6.07, 6.45) is 51.9. The zero-order valence-corrected chi connectivity index (χ0v) is 53.0. The van der Waals surface area contributed by atoms with Crippen LogP contribution in [-0.4, -0.2) is 140 Å². The van der Waals surface area contributed by atoms with Gasteiger partial charge in [0.15, 0.2) is 12.6 Å². The smallest absolute Gasteiger partial charge is 0.220 e. The van der Waals surface area contributed by atoms with Gasteiger partial charge in [-0.2, -0.15) is 0 Å². The zero-order chi connectivity index (χ0) is 60.2. The summed E-state index contributed by atoms with van der Waals surface area (Å²) in [7, 11) is 0. The Morgan fingerprint density at radius 2 is 0.795 bits per heavy atom. The van der Waals surface area contributed by atoms with Crippen LogP contribution in [0.4, 0.5) is 0 Å². The highest BCUT2D eigenvalue weighted by atomic mass is 16.7. The number of aliphatic hydroxyl groups is 8. The van der Waals surface area contributed by atoms with E-state index in [1.807, 2.05) is 6.08 Å². The summed E-state index contributed by atoms with van der Waals surface area (Å²) in [6, 6.07) is -0.916. The van der Waals surface area contributed by atoms with E-state index in [0.717, 1.165) is 44.9 Å². The molecule has 0 aromatic heterocycles. The molecule has 2 fully saturated rings. The molecule has 1 amide bonds. The van der Waals surface area contributed by atoms with Gasteiger partial charge in [0, 0.05) is 6.42 Å². The molecule has 0 bridgehead atoms. The highest BCUT2D eigenvalue weighted by Gasteiger charge is 2.51. The molecule has 83 heavy (non-hydrogen) atoms. The van der Waals surface area contributed by atoms with E-state index in [0.29, 0.717) is 6.42 Å². The summed E-state index contributed by atoms with van der Waals surface area (Å²) >= 11 is 0. The van der Waals surface area contributed by atoms with E-state index in [1.54, 1.807) is 6.08 Å². The molecule has 0 aromatic rings. The van der Waals surface area contributed by atoms with Gasteiger partial charge in [-0.3, -0.25) is 4.79 Å². The van der Waals surface area contributed by atoms with Crippen molar-refractivity contribution >= 4 is 5.91 Å². The molecule has 2 aliphatic heterocycles. The van der Waals surface area contributed by atoms with Crippen LogP contribution in [0.1, 0.15) is 303 Å². The normalized spacial score (nSPS) is 24.0. The number of hydrogen-bond donors (Lipinski definition) is 9. The third-order valence-corrected chi connectivity index (χ3v) is 17.1. The summed E-state index contributed by atoms with van der Waals surface area (Å²) in [6.45, 7) is 2.83. The summed E-state index contributed by atoms with van der Waals surface area (Å²) < 4.78 is 22.9. The Balaban J connectivity index is 1.70. The molecular formula is C69H129NO13. The zero-order valence-electron chi connectivity index (χ0n) is 53.0. The lowest BCUT2D eigenvalue weighted by molar-refractivity contribution is -0.359. The minimum atomic E-state index is -1.79. The minimum Gasteiger partial charge on any atom is -0.394 e. The van der Waals surface area contributed by atoms with Crippen molar-refractivity contribution < 1.29 is 64.6 Å². The fourth-order valence-corrected chi connectivity index (χ4v) is 11.5. The molecule has 12 unspecified atom stereocenters. The van der Waals surface area contributed by atoms with Gasteiger partial charge in [0.25, 0.3) is 0 Å². The highest BCUT2D eigenvalue weighted by molar-refractivity contribution is 5.76. The molecule has 14 nitrogen and oxygen atoms in total. The number of amides is 1. The predicted molar refractivity (Wildman–Crippen MR) is 337 cm³/mol. The Morgan fingerprint density at radius 3 is 1.20 bits per heavy atom. The number of nitrogens with one attached hydrogen (secondary N) is 1. The second-order valence-electron chi connectivity index (χ2n) is 24.7. The van der Waals surface area contributed by atoms with Crippen LogP contribution < -0.4 is 5.32 Å². The summed E-state index contributed by atoms with van der Waals surface area (Å²) in [5.41, 5.74) is 0. The first-order valence-corrected chi connectivity index (χ1v) is 34.7. The first kappa shape index (κ1) is 77.3. The third-order valence-electron chi connectivity index (χ3n) is 17.1. The molecule has 0 spiro atoms.